The highest BCUT2D eigenvalue weighted by Gasteiger charge is 2.32. The van der Waals surface area contributed by atoms with E-state index in [1.54, 1.807) is 0 Å². The van der Waals surface area contributed by atoms with Crippen LogP contribution in [-0.4, -0.2) is 33.4 Å². The van der Waals surface area contributed by atoms with Crippen LogP contribution in [0.1, 0.15) is 63.8 Å². The normalized spacial score (nSPS) is 17.1. The van der Waals surface area contributed by atoms with Gasteiger partial charge in [-0.2, -0.15) is 0 Å². The number of imidazole rings is 1. The Labute approximate surface area is 217 Å². The van der Waals surface area contributed by atoms with Gasteiger partial charge in [-0.05, 0) is 55.4 Å². The van der Waals surface area contributed by atoms with Gasteiger partial charge in [0.1, 0.15) is 17.4 Å². The smallest absolute Gasteiger partial charge is 0.254 e. The van der Waals surface area contributed by atoms with Crippen LogP contribution in [-0.2, 0) is 31.4 Å². The van der Waals surface area contributed by atoms with Crippen molar-refractivity contribution in [2.45, 2.75) is 51.9 Å². The summed E-state index contributed by atoms with van der Waals surface area (Å²) in [5.74, 6) is 1.79. The number of aromatic nitrogens is 2. The van der Waals surface area contributed by atoms with Gasteiger partial charge in [-0.15, -0.1) is 0 Å². The first-order valence-corrected chi connectivity index (χ1v) is 13.2. The zero-order valence-corrected chi connectivity index (χ0v) is 21.6. The van der Waals surface area contributed by atoms with Crippen molar-refractivity contribution in [1.29, 1.82) is 0 Å². The Morgan fingerprint density at radius 1 is 1.05 bits per heavy atom. The quantitative estimate of drug-likeness (QED) is 0.334. The molecule has 0 N–H and O–H groups in total. The second-order valence-corrected chi connectivity index (χ2v) is 10.1. The second kappa shape index (κ2) is 10.0. The third-order valence-corrected chi connectivity index (χ3v) is 7.77. The fraction of sp³-hybridized carbons (Fsp3) is 0.355. The first kappa shape index (κ1) is 23.7. The van der Waals surface area contributed by atoms with Crippen LogP contribution in [0.5, 0.6) is 5.75 Å². The molecule has 1 atom stereocenters. The van der Waals surface area contributed by atoms with Crippen molar-refractivity contribution in [3.8, 4) is 5.75 Å². The van der Waals surface area contributed by atoms with Crippen LogP contribution in [0, 0.1) is 6.92 Å². The molecule has 190 valence electrons. The number of rotatable bonds is 6. The van der Waals surface area contributed by atoms with Crippen LogP contribution in [0.15, 0.2) is 60.7 Å². The van der Waals surface area contributed by atoms with E-state index in [4.69, 9.17) is 14.5 Å². The first-order valence-electron chi connectivity index (χ1n) is 13.2. The molecule has 2 aliphatic rings. The monoisotopic (exact) mass is 495 g/mol. The number of benzene rings is 3. The summed E-state index contributed by atoms with van der Waals surface area (Å²) < 4.78 is 14.9. The van der Waals surface area contributed by atoms with E-state index < -0.39 is 0 Å². The van der Waals surface area contributed by atoms with E-state index in [0.717, 1.165) is 89.2 Å². The largest absolute Gasteiger partial charge is 0.483 e. The number of likely N-dealkylation sites (tertiary alicyclic amines) is 1. The molecule has 0 aliphatic carbocycles. The molecular weight excluding hydrogens is 462 g/mol. The summed E-state index contributed by atoms with van der Waals surface area (Å²) in [6.45, 7) is 4.74. The summed E-state index contributed by atoms with van der Waals surface area (Å²) in [5, 5.41) is 0. The Kier molecular flexibility index (Phi) is 6.43. The third-order valence-electron chi connectivity index (χ3n) is 7.77. The minimum atomic E-state index is -0.119. The molecule has 6 nitrogen and oxygen atoms in total. The predicted molar refractivity (Wildman–Crippen MR) is 144 cm³/mol. The van der Waals surface area contributed by atoms with E-state index in [-0.39, 0.29) is 12.0 Å². The van der Waals surface area contributed by atoms with E-state index in [2.05, 4.69) is 41.0 Å². The van der Waals surface area contributed by atoms with Crippen molar-refractivity contribution in [2.75, 3.05) is 13.1 Å². The standard InChI is InChI=1S/C31H33N3O3/c1-21-32-29-27(33(21)2)18-26(31(35)34-16-8-9-17-34)25-14-15-28(37-30(25)29)24-13-7-6-12-23(24)20-36-19-22-10-4-3-5-11-22/h3-7,10-13,18,28H,8-9,14-17,19-20H2,1-2H3/t28-/m0/s1. The molecule has 6 rings (SSSR count). The second-order valence-electron chi connectivity index (χ2n) is 10.1. The highest BCUT2D eigenvalue weighted by molar-refractivity contribution is 6.01. The van der Waals surface area contributed by atoms with Crippen LogP contribution in [0.25, 0.3) is 11.0 Å². The number of nitrogens with zero attached hydrogens (tertiary/aromatic N) is 3. The molecule has 37 heavy (non-hydrogen) atoms. The van der Waals surface area contributed by atoms with Gasteiger partial charge in [0.15, 0.2) is 5.75 Å². The van der Waals surface area contributed by atoms with Crippen molar-refractivity contribution < 1.29 is 14.3 Å². The van der Waals surface area contributed by atoms with Gasteiger partial charge in [0.05, 0.1) is 18.7 Å². The van der Waals surface area contributed by atoms with Gasteiger partial charge in [0.25, 0.3) is 5.91 Å². The summed E-state index contributed by atoms with van der Waals surface area (Å²) in [5.41, 5.74) is 6.98. The van der Waals surface area contributed by atoms with Crippen molar-refractivity contribution in [2.24, 2.45) is 7.05 Å². The van der Waals surface area contributed by atoms with Gasteiger partial charge in [-0.25, -0.2) is 4.98 Å². The van der Waals surface area contributed by atoms with Gasteiger partial charge < -0.3 is 18.9 Å². The highest BCUT2D eigenvalue weighted by Crippen LogP contribution is 2.43. The minimum Gasteiger partial charge on any atom is -0.483 e. The van der Waals surface area contributed by atoms with Gasteiger partial charge in [0, 0.05) is 31.3 Å². The zero-order chi connectivity index (χ0) is 25.4. The lowest BCUT2D eigenvalue weighted by Gasteiger charge is -2.30. The van der Waals surface area contributed by atoms with Crippen molar-refractivity contribution in [3.05, 3.63) is 94.3 Å². The molecule has 0 bridgehead atoms. The molecule has 3 aromatic carbocycles. The maximum absolute atomic E-state index is 13.5. The lowest BCUT2D eigenvalue weighted by Crippen LogP contribution is -2.29. The highest BCUT2D eigenvalue weighted by atomic mass is 16.5. The molecule has 0 radical (unpaired) electrons. The molecule has 1 saturated heterocycles. The Balaban J connectivity index is 1.32. The van der Waals surface area contributed by atoms with Crippen molar-refractivity contribution >= 4 is 16.9 Å². The lowest BCUT2D eigenvalue weighted by atomic mass is 9.91. The molecule has 4 aromatic rings. The fourth-order valence-electron chi connectivity index (χ4n) is 5.63. The van der Waals surface area contributed by atoms with Crippen molar-refractivity contribution in [3.63, 3.8) is 0 Å². The van der Waals surface area contributed by atoms with Crippen molar-refractivity contribution in [1.82, 2.24) is 14.5 Å². The third kappa shape index (κ3) is 4.51. The Hall–Kier alpha value is -3.64. The summed E-state index contributed by atoms with van der Waals surface area (Å²) in [6, 6.07) is 20.6. The van der Waals surface area contributed by atoms with Gasteiger partial charge in [-0.3, -0.25) is 4.79 Å². The van der Waals surface area contributed by atoms with Gasteiger partial charge in [-0.1, -0.05) is 54.6 Å². The molecule has 3 heterocycles. The number of fused-ring (bicyclic) bond motifs is 3. The Morgan fingerprint density at radius 2 is 1.81 bits per heavy atom. The Bertz CT molecular complexity index is 1440. The minimum absolute atomic E-state index is 0.117. The van der Waals surface area contributed by atoms with Crippen LogP contribution in [0.2, 0.25) is 0 Å². The number of aryl methyl sites for hydroxylation is 2. The van der Waals surface area contributed by atoms with E-state index in [1.165, 1.54) is 0 Å². The molecule has 1 amide bonds. The number of amides is 1. The Morgan fingerprint density at radius 3 is 2.62 bits per heavy atom. The molecule has 0 unspecified atom stereocenters. The predicted octanol–water partition coefficient (Wildman–Crippen LogP) is 5.90. The van der Waals surface area contributed by atoms with Crippen LogP contribution < -0.4 is 4.74 Å². The van der Waals surface area contributed by atoms with Crippen LogP contribution in [0.4, 0.5) is 0 Å². The molecule has 0 saturated carbocycles. The van der Waals surface area contributed by atoms with Crippen LogP contribution in [0.3, 0.4) is 0 Å². The fourth-order valence-corrected chi connectivity index (χ4v) is 5.63. The first-order chi connectivity index (χ1) is 18.1. The SMILES string of the molecule is Cc1nc2c3c(c(C(=O)N4CCCC4)cc2n1C)CC[C@@H](c1ccccc1COCc1ccccc1)O3. The summed E-state index contributed by atoms with van der Waals surface area (Å²) in [4.78, 5) is 20.4. The number of carbonyl (C=O) groups is 1. The van der Waals surface area contributed by atoms with E-state index in [0.29, 0.717) is 13.2 Å². The maximum atomic E-state index is 13.5. The summed E-state index contributed by atoms with van der Waals surface area (Å²) in [7, 11) is 2.00. The average molecular weight is 496 g/mol. The van der Waals surface area contributed by atoms with Gasteiger partial charge in [0.2, 0.25) is 0 Å². The average Bonchev–Trinajstić information content (AvgIpc) is 3.57. The molecule has 1 aromatic heterocycles. The summed E-state index contributed by atoms with van der Waals surface area (Å²) >= 11 is 0. The number of hydrogen-bond donors (Lipinski definition) is 0. The maximum Gasteiger partial charge on any atom is 0.254 e. The van der Waals surface area contributed by atoms with Gasteiger partial charge >= 0.3 is 0 Å². The van der Waals surface area contributed by atoms with E-state index in [1.807, 2.05) is 43.1 Å². The lowest BCUT2D eigenvalue weighted by molar-refractivity contribution is 0.0788. The molecular formula is C31H33N3O3. The molecule has 0 spiro atoms. The van der Waals surface area contributed by atoms with Crippen LogP contribution >= 0.6 is 0 Å². The zero-order valence-electron chi connectivity index (χ0n) is 21.6. The molecule has 1 fully saturated rings. The number of ether oxygens (including phenoxy) is 2. The number of hydrogen-bond acceptors (Lipinski definition) is 4. The topological polar surface area (TPSA) is 56.6 Å². The molecule has 2 aliphatic heterocycles. The van der Waals surface area contributed by atoms with E-state index >= 15 is 0 Å². The van der Waals surface area contributed by atoms with E-state index in [9.17, 15) is 4.79 Å². The molecule has 6 heteroatoms. The number of carbonyl (C=O) groups excluding carboxylic acids is 1. The summed E-state index contributed by atoms with van der Waals surface area (Å²) in [6.07, 6.45) is 3.61.